The van der Waals surface area contributed by atoms with Crippen molar-refractivity contribution in [2.75, 3.05) is 0 Å². The number of fused-ring (bicyclic) bond motifs is 1. The minimum atomic E-state index is -0.951. The second-order valence-electron chi connectivity index (χ2n) is 6.96. The van der Waals surface area contributed by atoms with Crippen LogP contribution in [0.15, 0.2) is 60.8 Å². The summed E-state index contributed by atoms with van der Waals surface area (Å²) in [5.74, 6) is -0.781. The van der Waals surface area contributed by atoms with Crippen molar-refractivity contribution >= 4 is 28.7 Å². The number of hydrogen-bond donors (Lipinski definition) is 2. The molecule has 9 heteroatoms. The largest absolute Gasteiger partial charge is 0.347 e. The van der Waals surface area contributed by atoms with Gasteiger partial charge in [0.15, 0.2) is 5.65 Å². The van der Waals surface area contributed by atoms with Gasteiger partial charge in [-0.05, 0) is 47.5 Å². The lowest BCUT2D eigenvalue weighted by Gasteiger charge is -2.14. The maximum absolute atomic E-state index is 13.5. The molecule has 4 rings (SSSR count). The molecule has 2 aromatic heterocycles. The molecule has 0 aliphatic carbocycles. The average Bonchev–Trinajstić information content (AvgIpc) is 3.12. The summed E-state index contributed by atoms with van der Waals surface area (Å²) >= 11 is 5.91. The summed E-state index contributed by atoms with van der Waals surface area (Å²) in [6, 6.07) is 12.5. The highest BCUT2D eigenvalue weighted by Crippen LogP contribution is 2.20. The summed E-state index contributed by atoms with van der Waals surface area (Å²) < 4.78 is 28.4. The van der Waals surface area contributed by atoms with E-state index in [1.54, 1.807) is 24.4 Å². The van der Waals surface area contributed by atoms with Crippen LogP contribution in [0.1, 0.15) is 23.0 Å². The molecule has 0 radical (unpaired) electrons. The molecule has 1 unspecified atom stereocenters. The highest BCUT2D eigenvalue weighted by atomic mass is 35.5. The van der Waals surface area contributed by atoms with Crippen molar-refractivity contribution in [1.29, 1.82) is 0 Å². The molecule has 0 fully saturated rings. The molecule has 158 valence electrons. The van der Waals surface area contributed by atoms with Crippen LogP contribution in [-0.4, -0.2) is 20.4 Å². The lowest BCUT2D eigenvalue weighted by atomic mass is 10.1. The lowest BCUT2D eigenvalue weighted by Crippen LogP contribution is -2.34. The SMILES string of the molecule is NC(C(=O)NCc1nc2cccnc2n1Cc1ccc(F)c(Cl)c1)c1ccc(F)cc1. The predicted octanol–water partition coefficient (Wildman–Crippen LogP) is 3.73. The molecule has 2 heterocycles. The van der Waals surface area contributed by atoms with E-state index >= 15 is 0 Å². The number of carbonyl (C=O) groups is 1. The Hall–Kier alpha value is -3.36. The number of nitrogens with one attached hydrogen (secondary N) is 1. The number of aromatic nitrogens is 3. The van der Waals surface area contributed by atoms with E-state index in [4.69, 9.17) is 17.3 Å². The molecule has 4 aromatic rings. The highest BCUT2D eigenvalue weighted by Gasteiger charge is 2.18. The van der Waals surface area contributed by atoms with Gasteiger partial charge in [-0.1, -0.05) is 29.8 Å². The van der Waals surface area contributed by atoms with Crippen LogP contribution in [0, 0.1) is 11.6 Å². The van der Waals surface area contributed by atoms with Crippen LogP contribution in [0.4, 0.5) is 8.78 Å². The summed E-state index contributed by atoms with van der Waals surface area (Å²) in [6.45, 7) is 0.432. The summed E-state index contributed by atoms with van der Waals surface area (Å²) in [5, 5.41) is 2.79. The second-order valence-corrected chi connectivity index (χ2v) is 7.36. The average molecular weight is 442 g/mol. The van der Waals surface area contributed by atoms with Crippen LogP contribution in [-0.2, 0) is 17.9 Å². The van der Waals surface area contributed by atoms with Crippen LogP contribution >= 0.6 is 11.6 Å². The monoisotopic (exact) mass is 441 g/mol. The molecule has 0 saturated heterocycles. The van der Waals surface area contributed by atoms with Crippen molar-refractivity contribution in [3.63, 3.8) is 0 Å². The van der Waals surface area contributed by atoms with Crippen LogP contribution in [0.3, 0.4) is 0 Å². The first-order valence-corrected chi connectivity index (χ1v) is 9.83. The first-order chi connectivity index (χ1) is 14.9. The quantitative estimate of drug-likeness (QED) is 0.477. The highest BCUT2D eigenvalue weighted by molar-refractivity contribution is 6.30. The van der Waals surface area contributed by atoms with Crippen molar-refractivity contribution in [1.82, 2.24) is 19.9 Å². The molecule has 2 aromatic carbocycles. The Morgan fingerprint density at radius 1 is 1.16 bits per heavy atom. The third-order valence-corrected chi connectivity index (χ3v) is 5.13. The lowest BCUT2D eigenvalue weighted by molar-refractivity contribution is -0.122. The van der Waals surface area contributed by atoms with E-state index < -0.39 is 23.6 Å². The first kappa shape index (κ1) is 20.9. The minimum Gasteiger partial charge on any atom is -0.347 e. The summed E-state index contributed by atoms with van der Waals surface area (Å²) in [7, 11) is 0. The van der Waals surface area contributed by atoms with Crippen molar-refractivity contribution in [3.05, 3.63) is 94.4 Å². The summed E-state index contributed by atoms with van der Waals surface area (Å²) in [6.07, 6.45) is 1.64. The van der Waals surface area contributed by atoms with Crippen molar-refractivity contribution < 1.29 is 13.6 Å². The number of benzene rings is 2. The van der Waals surface area contributed by atoms with Crippen molar-refractivity contribution in [2.45, 2.75) is 19.1 Å². The van der Waals surface area contributed by atoms with Gasteiger partial charge in [0.2, 0.25) is 5.91 Å². The predicted molar refractivity (Wildman–Crippen MR) is 113 cm³/mol. The topological polar surface area (TPSA) is 85.8 Å². The number of nitrogens with two attached hydrogens (primary N) is 1. The number of rotatable bonds is 6. The van der Waals surface area contributed by atoms with Crippen LogP contribution in [0.5, 0.6) is 0 Å². The molecule has 31 heavy (non-hydrogen) atoms. The van der Waals surface area contributed by atoms with E-state index in [9.17, 15) is 13.6 Å². The Kier molecular flexibility index (Phi) is 5.92. The van der Waals surface area contributed by atoms with Crippen LogP contribution in [0.25, 0.3) is 11.2 Å². The van der Waals surface area contributed by atoms with Crippen molar-refractivity contribution in [2.24, 2.45) is 5.73 Å². The maximum atomic E-state index is 13.5. The Balaban J connectivity index is 1.57. The fourth-order valence-electron chi connectivity index (χ4n) is 3.22. The van der Waals surface area contributed by atoms with Gasteiger partial charge in [0, 0.05) is 6.20 Å². The smallest absolute Gasteiger partial charge is 0.241 e. The Bertz CT molecular complexity index is 1240. The molecular weight excluding hydrogens is 424 g/mol. The van der Waals surface area contributed by atoms with E-state index in [-0.39, 0.29) is 11.6 Å². The van der Waals surface area contributed by atoms with Gasteiger partial charge in [-0.25, -0.2) is 18.7 Å². The van der Waals surface area contributed by atoms with Gasteiger partial charge < -0.3 is 15.6 Å². The molecule has 0 aliphatic heterocycles. The third kappa shape index (κ3) is 4.55. The molecule has 0 saturated carbocycles. The van der Waals surface area contributed by atoms with Gasteiger partial charge in [-0.2, -0.15) is 0 Å². The van der Waals surface area contributed by atoms with Gasteiger partial charge in [-0.3, -0.25) is 4.79 Å². The molecule has 6 nitrogen and oxygen atoms in total. The van der Waals surface area contributed by atoms with E-state index in [0.29, 0.717) is 29.1 Å². The zero-order chi connectivity index (χ0) is 22.0. The van der Waals surface area contributed by atoms with Crippen molar-refractivity contribution in [3.8, 4) is 0 Å². The molecule has 0 spiro atoms. The number of imidazole rings is 1. The number of hydrogen-bond acceptors (Lipinski definition) is 4. The van der Waals surface area contributed by atoms with Gasteiger partial charge in [0.05, 0.1) is 18.1 Å². The normalized spacial score (nSPS) is 12.1. The maximum Gasteiger partial charge on any atom is 0.241 e. The standard InChI is InChI=1S/C22H18ClF2N5O/c23-16-10-13(3-8-17(16)25)12-30-19(29-18-2-1-9-27-21(18)30)11-28-22(31)20(26)14-4-6-15(24)7-5-14/h1-10,20H,11-12,26H2,(H,28,31). The zero-order valence-electron chi connectivity index (χ0n) is 16.2. The van der Waals surface area contributed by atoms with Crippen LogP contribution < -0.4 is 11.1 Å². The van der Waals surface area contributed by atoms with E-state index in [1.807, 2.05) is 10.6 Å². The fraction of sp³-hybridized carbons (Fsp3) is 0.136. The number of carbonyl (C=O) groups excluding carboxylic acids is 1. The van der Waals surface area contributed by atoms with E-state index in [1.165, 1.54) is 30.3 Å². The first-order valence-electron chi connectivity index (χ1n) is 9.45. The molecule has 0 bridgehead atoms. The number of pyridine rings is 1. The Morgan fingerprint density at radius 3 is 2.68 bits per heavy atom. The van der Waals surface area contributed by atoms with E-state index in [2.05, 4.69) is 15.3 Å². The Morgan fingerprint density at radius 2 is 1.94 bits per heavy atom. The molecule has 1 amide bonds. The van der Waals surface area contributed by atoms with Gasteiger partial charge in [0.25, 0.3) is 0 Å². The Labute approximate surface area is 181 Å². The fourth-order valence-corrected chi connectivity index (χ4v) is 3.43. The van der Waals surface area contributed by atoms with E-state index in [0.717, 1.165) is 5.56 Å². The molecule has 3 N–H and O–H groups in total. The summed E-state index contributed by atoms with van der Waals surface area (Å²) in [5.41, 5.74) is 8.52. The number of nitrogens with zero attached hydrogens (tertiary/aromatic N) is 3. The summed E-state index contributed by atoms with van der Waals surface area (Å²) in [4.78, 5) is 21.5. The minimum absolute atomic E-state index is 0.0232. The zero-order valence-corrected chi connectivity index (χ0v) is 17.0. The van der Waals surface area contributed by atoms with Gasteiger partial charge in [0.1, 0.15) is 29.0 Å². The third-order valence-electron chi connectivity index (χ3n) is 4.84. The number of amides is 1. The molecular formula is C22H18ClF2N5O. The second kappa shape index (κ2) is 8.79. The van der Waals surface area contributed by atoms with Gasteiger partial charge in [-0.15, -0.1) is 0 Å². The molecule has 1 atom stereocenters. The molecule has 0 aliphatic rings. The van der Waals surface area contributed by atoms with Crippen LogP contribution in [0.2, 0.25) is 5.02 Å². The number of halogens is 3. The van der Waals surface area contributed by atoms with Gasteiger partial charge >= 0.3 is 0 Å².